The maximum Gasteiger partial charge on any atom is 0.303 e. The second-order valence-corrected chi connectivity index (χ2v) is 6.32. The molecule has 0 aliphatic carbocycles. The van der Waals surface area contributed by atoms with E-state index in [9.17, 15) is 14.9 Å². The van der Waals surface area contributed by atoms with Gasteiger partial charge in [0.05, 0.1) is 0 Å². The number of aryl methyl sites for hydroxylation is 1. The van der Waals surface area contributed by atoms with Crippen molar-refractivity contribution in [3.8, 4) is 0 Å². The fraction of sp³-hybridized carbons (Fsp3) is 0.632. The van der Waals surface area contributed by atoms with Crippen LogP contribution in [0, 0.1) is 10.1 Å². The van der Waals surface area contributed by atoms with Gasteiger partial charge in [0.25, 0.3) is 6.04 Å². The fourth-order valence-electron chi connectivity index (χ4n) is 2.72. The first-order valence-electron chi connectivity index (χ1n) is 8.85. The van der Waals surface area contributed by atoms with Gasteiger partial charge in [-0.2, -0.15) is 0 Å². The minimum Gasteiger partial charge on any atom is -0.450 e. The van der Waals surface area contributed by atoms with Crippen molar-refractivity contribution in [1.29, 1.82) is 0 Å². The van der Waals surface area contributed by atoms with E-state index in [1.54, 1.807) is 0 Å². The summed E-state index contributed by atoms with van der Waals surface area (Å²) >= 11 is 0. The van der Waals surface area contributed by atoms with Crippen molar-refractivity contribution in [2.45, 2.75) is 77.9 Å². The van der Waals surface area contributed by atoms with Crippen LogP contribution >= 0.6 is 0 Å². The molecule has 0 radical (unpaired) electrons. The second-order valence-electron chi connectivity index (χ2n) is 6.32. The molecule has 0 saturated heterocycles. The van der Waals surface area contributed by atoms with Gasteiger partial charge in [-0.05, 0) is 24.0 Å². The third-order valence-electron chi connectivity index (χ3n) is 4.19. The Hall–Kier alpha value is -1.91. The van der Waals surface area contributed by atoms with Gasteiger partial charge in [0, 0.05) is 18.8 Å². The molecule has 0 spiro atoms. The molecule has 0 fully saturated rings. The van der Waals surface area contributed by atoms with Crippen LogP contribution in [0.2, 0.25) is 0 Å². The van der Waals surface area contributed by atoms with Gasteiger partial charge in [0.15, 0.2) is 6.10 Å². The fourth-order valence-corrected chi connectivity index (χ4v) is 2.72. The van der Waals surface area contributed by atoms with Crippen molar-refractivity contribution in [3.05, 3.63) is 45.5 Å². The Labute approximate surface area is 144 Å². The van der Waals surface area contributed by atoms with E-state index in [4.69, 9.17) is 4.74 Å². The normalized spacial score (nSPS) is 13.3. The van der Waals surface area contributed by atoms with Crippen molar-refractivity contribution < 1.29 is 14.5 Å². The number of hydrogen-bond acceptors (Lipinski definition) is 4. The zero-order valence-electron chi connectivity index (χ0n) is 15.0. The van der Waals surface area contributed by atoms with E-state index in [1.165, 1.54) is 51.5 Å². The first-order chi connectivity index (χ1) is 11.5. The zero-order chi connectivity index (χ0) is 17.9. The van der Waals surface area contributed by atoms with Crippen LogP contribution in [-0.4, -0.2) is 16.9 Å². The van der Waals surface area contributed by atoms with Crippen LogP contribution in [0.1, 0.15) is 76.5 Å². The molecule has 0 aromatic heterocycles. The molecule has 0 saturated carbocycles. The predicted molar refractivity (Wildman–Crippen MR) is 94.5 cm³/mol. The lowest BCUT2D eigenvalue weighted by Gasteiger charge is -2.18. The lowest BCUT2D eigenvalue weighted by Crippen LogP contribution is -2.27. The van der Waals surface area contributed by atoms with Crippen molar-refractivity contribution in [2.75, 3.05) is 0 Å². The zero-order valence-corrected chi connectivity index (χ0v) is 15.0. The number of carbonyl (C=O) groups excluding carboxylic acids is 1. The van der Waals surface area contributed by atoms with E-state index in [-0.39, 0.29) is 0 Å². The summed E-state index contributed by atoms with van der Waals surface area (Å²) in [5.41, 5.74) is 1.88. The van der Waals surface area contributed by atoms with Crippen molar-refractivity contribution in [1.82, 2.24) is 0 Å². The molecule has 0 bridgehead atoms. The Bertz CT molecular complexity index is 513. The number of ether oxygens (including phenoxy) is 1. The lowest BCUT2D eigenvalue weighted by molar-refractivity contribution is -0.530. The number of unbranched alkanes of at least 4 members (excludes halogenated alkanes) is 5. The monoisotopic (exact) mass is 335 g/mol. The third-order valence-corrected chi connectivity index (χ3v) is 4.19. The number of esters is 1. The number of nitrogens with zero attached hydrogens (tertiary/aromatic N) is 1. The Kier molecular flexibility index (Phi) is 9.05. The molecule has 5 heteroatoms. The van der Waals surface area contributed by atoms with Gasteiger partial charge >= 0.3 is 5.97 Å². The molecule has 5 nitrogen and oxygen atoms in total. The van der Waals surface area contributed by atoms with E-state index in [1.807, 2.05) is 24.3 Å². The summed E-state index contributed by atoms with van der Waals surface area (Å²) < 4.78 is 5.15. The minimum atomic E-state index is -0.974. The molecule has 1 rings (SSSR count). The van der Waals surface area contributed by atoms with E-state index in [2.05, 4.69) is 6.92 Å². The Morgan fingerprint density at radius 1 is 1.12 bits per heavy atom. The summed E-state index contributed by atoms with van der Waals surface area (Å²) in [6.45, 7) is 4.94. The minimum absolute atomic E-state index is 0.419. The Morgan fingerprint density at radius 3 is 2.25 bits per heavy atom. The van der Waals surface area contributed by atoms with Gasteiger partial charge in [0.1, 0.15) is 0 Å². The van der Waals surface area contributed by atoms with E-state index in [0.29, 0.717) is 5.56 Å². The molecule has 24 heavy (non-hydrogen) atoms. The molecule has 0 aliphatic rings. The van der Waals surface area contributed by atoms with Gasteiger partial charge in [-0.3, -0.25) is 14.9 Å². The van der Waals surface area contributed by atoms with Crippen LogP contribution < -0.4 is 0 Å². The van der Waals surface area contributed by atoms with Crippen LogP contribution in [-0.2, 0) is 16.0 Å². The molecule has 0 aliphatic heterocycles. The highest BCUT2D eigenvalue weighted by atomic mass is 16.6. The summed E-state index contributed by atoms with van der Waals surface area (Å²) in [5, 5.41) is 11.0. The number of hydrogen-bond donors (Lipinski definition) is 0. The smallest absolute Gasteiger partial charge is 0.303 e. The number of nitro groups is 1. The van der Waals surface area contributed by atoms with Crippen molar-refractivity contribution in [3.63, 3.8) is 0 Å². The molecular weight excluding hydrogens is 306 g/mol. The van der Waals surface area contributed by atoms with Gasteiger partial charge in [-0.15, -0.1) is 0 Å². The van der Waals surface area contributed by atoms with Gasteiger partial charge in [0.2, 0.25) is 0 Å². The second kappa shape index (κ2) is 10.8. The number of carbonyl (C=O) groups is 1. The van der Waals surface area contributed by atoms with Gasteiger partial charge < -0.3 is 4.74 Å². The average molecular weight is 335 g/mol. The van der Waals surface area contributed by atoms with Crippen LogP contribution in [0.4, 0.5) is 0 Å². The first-order valence-corrected chi connectivity index (χ1v) is 8.85. The highest BCUT2D eigenvalue weighted by Crippen LogP contribution is 2.24. The SMILES string of the molecule is CCCCCCCCc1ccc(C(OC(C)=O)C(C)[N+](=O)[O-])cc1. The largest absolute Gasteiger partial charge is 0.450 e. The number of benzene rings is 1. The van der Waals surface area contributed by atoms with Gasteiger partial charge in [-0.25, -0.2) is 0 Å². The highest BCUT2D eigenvalue weighted by molar-refractivity contribution is 5.66. The predicted octanol–water partition coefficient (Wildman–Crippen LogP) is 4.86. The van der Waals surface area contributed by atoms with Crippen LogP contribution in [0.5, 0.6) is 0 Å². The molecule has 2 atom stereocenters. The molecule has 0 heterocycles. The molecule has 0 amide bonds. The van der Waals surface area contributed by atoms with Crippen LogP contribution in [0.15, 0.2) is 24.3 Å². The summed E-state index contributed by atoms with van der Waals surface area (Å²) in [5.74, 6) is -0.509. The topological polar surface area (TPSA) is 69.4 Å². The third kappa shape index (κ3) is 7.11. The molecule has 1 aromatic carbocycles. The Morgan fingerprint density at radius 2 is 1.71 bits per heavy atom. The first kappa shape index (κ1) is 20.1. The average Bonchev–Trinajstić information content (AvgIpc) is 2.55. The maximum absolute atomic E-state index is 11.2. The molecule has 2 unspecified atom stereocenters. The lowest BCUT2D eigenvalue weighted by atomic mass is 9.99. The quantitative estimate of drug-likeness (QED) is 0.251. The maximum atomic E-state index is 11.2. The van der Waals surface area contributed by atoms with Crippen LogP contribution in [0.3, 0.4) is 0 Å². The van der Waals surface area contributed by atoms with Crippen LogP contribution in [0.25, 0.3) is 0 Å². The summed E-state index contributed by atoms with van der Waals surface area (Å²) in [7, 11) is 0. The van der Waals surface area contributed by atoms with Gasteiger partial charge in [-0.1, -0.05) is 63.3 Å². The molecule has 1 aromatic rings. The number of rotatable bonds is 11. The summed E-state index contributed by atoms with van der Waals surface area (Å²) in [6.07, 6.45) is 7.70. The highest BCUT2D eigenvalue weighted by Gasteiger charge is 2.30. The van der Waals surface area contributed by atoms with Crippen molar-refractivity contribution >= 4 is 5.97 Å². The van der Waals surface area contributed by atoms with E-state index in [0.717, 1.165) is 12.8 Å². The van der Waals surface area contributed by atoms with E-state index < -0.39 is 23.0 Å². The Balaban J connectivity index is 2.59. The van der Waals surface area contributed by atoms with Crippen molar-refractivity contribution in [2.24, 2.45) is 0 Å². The summed E-state index contributed by atoms with van der Waals surface area (Å²) in [6, 6.07) is 6.65. The molecular formula is C19H29NO4. The summed E-state index contributed by atoms with van der Waals surface area (Å²) in [4.78, 5) is 21.8. The van der Waals surface area contributed by atoms with E-state index >= 15 is 0 Å². The standard InChI is InChI=1S/C19H29NO4/c1-4-5-6-7-8-9-10-17-11-13-18(14-12-17)19(24-16(3)21)15(2)20(22)23/h11-15,19H,4-10H2,1-3H3. The molecule has 0 N–H and O–H groups in total. The molecule has 134 valence electrons.